The van der Waals surface area contributed by atoms with Crippen LogP contribution in [-0.4, -0.2) is 6.54 Å². The van der Waals surface area contributed by atoms with Crippen LogP contribution in [0.5, 0.6) is 0 Å². The van der Waals surface area contributed by atoms with Gasteiger partial charge in [0, 0.05) is 0 Å². The van der Waals surface area contributed by atoms with E-state index >= 15 is 0 Å². The van der Waals surface area contributed by atoms with Crippen LogP contribution in [0, 0.1) is 5.82 Å². The molecule has 0 aliphatic carbocycles. The molecule has 0 atom stereocenters. The van der Waals surface area contributed by atoms with Crippen LogP contribution in [0.1, 0.15) is 12.0 Å². The largest absolute Gasteiger partial charge is 0.330 e. The minimum absolute atomic E-state index is 0.268. The van der Waals surface area contributed by atoms with Crippen molar-refractivity contribution < 1.29 is 4.39 Å². The third kappa shape index (κ3) is 2.64. The first-order valence-corrected chi connectivity index (χ1v) is 4.77. The van der Waals surface area contributed by atoms with Crippen LogP contribution < -0.4 is 5.73 Å². The van der Waals surface area contributed by atoms with Gasteiger partial charge in [-0.05, 0) is 52.2 Å². The average Bonchev–Trinajstić information content (AvgIpc) is 2.10. The summed E-state index contributed by atoms with van der Waals surface area (Å²) in [6.07, 6.45) is 0.696. The van der Waals surface area contributed by atoms with Gasteiger partial charge in [-0.15, -0.1) is 0 Å². The van der Waals surface area contributed by atoms with E-state index in [0.717, 1.165) is 11.1 Å². The van der Waals surface area contributed by atoms with Crippen LogP contribution in [0.2, 0.25) is 0 Å². The molecule has 2 N–H and O–H groups in total. The summed E-state index contributed by atoms with van der Waals surface area (Å²) in [6, 6.07) is 4.96. The van der Waals surface area contributed by atoms with Gasteiger partial charge in [-0.2, -0.15) is 0 Å². The predicted molar refractivity (Wildman–Crippen MR) is 56.8 cm³/mol. The molecule has 0 spiro atoms. The molecule has 0 aromatic heterocycles. The molecule has 1 nitrogen and oxygen atoms in total. The van der Waals surface area contributed by atoms with Crippen molar-refractivity contribution >= 4 is 21.5 Å². The van der Waals surface area contributed by atoms with Gasteiger partial charge in [0.2, 0.25) is 0 Å². The summed E-state index contributed by atoms with van der Waals surface area (Å²) in [7, 11) is 0. The van der Waals surface area contributed by atoms with Crippen molar-refractivity contribution in [2.24, 2.45) is 5.73 Å². The standard InChI is InChI=1S/C10H11BrFN/c1-7(4-5-13)8-2-3-9(11)10(12)6-8/h2-3,6H,1,4-5,13H2. The Labute approximate surface area is 85.6 Å². The van der Waals surface area contributed by atoms with Crippen LogP contribution in [0.3, 0.4) is 0 Å². The highest BCUT2D eigenvalue weighted by Gasteiger charge is 2.02. The zero-order chi connectivity index (χ0) is 9.84. The summed E-state index contributed by atoms with van der Waals surface area (Å²) in [4.78, 5) is 0. The van der Waals surface area contributed by atoms with Crippen molar-refractivity contribution in [3.05, 3.63) is 40.6 Å². The predicted octanol–water partition coefficient (Wildman–Crippen LogP) is 2.95. The lowest BCUT2D eigenvalue weighted by atomic mass is 10.1. The molecule has 0 aliphatic rings. The smallest absolute Gasteiger partial charge is 0.137 e. The van der Waals surface area contributed by atoms with Gasteiger partial charge in [-0.1, -0.05) is 12.6 Å². The van der Waals surface area contributed by atoms with Crippen molar-refractivity contribution in [1.82, 2.24) is 0 Å². The van der Waals surface area contributed by atoms with Gasteiger partial charge in [0.25, 0.3) is 0 Å². The van der Waals surface area contributed by atoms with E-state index in [9.17, 15) is 4.39 Å². The van der Waals surface area contributed by atoms with Gasteiger partial charge in [0.1, 0.15) is 5.82 Å². The SMILES string of the molecule is C=C(CCN)c1ccc(Br)c(F)c1. The molecule has 0 fully saturated rings. The first kappa shape index (κ1) is 10.4. The molecule has 13 heavy (non-hydrogen) atoms. The molecule has 0 unspecified atom stereocenters. The lowest BCUT2D eigenvalue weighted by molar-refractivity contribution is 0.620. The van der Waals surface area contributed by atoms with Crippen molar-refractivity contribution in [3.63, 3.8) is 0 Å². The van der Waals surface area contributed by atoms with Crippen molar-refractivity contribution in [2.75, 3.05) is 6.54 Å². The van der Waals surface area contributed by atoms with E-state index in [2.05, 4.69) is 22.5 Å². The van der Waals surface area contributed by atoms with E-state index in [1.165, 1.54) is 6.07 Å². The Bertz CT molecular complexity index is 323. The molecule has 3 heteroatoms. The normalized spacial score (nSPS) is 10.1. The summed E-state index contributed by atoms with van der Waals surface area (Å²) < 4.78 is 13.5. The maximum atomic E-state index is 13.1. The van der Waals surface area contributed by atoms with Gasteiger partial charge >= 0.3 is 0 Å². The maximum absolute atomic E-state index is 13.1. The molecule has 1 aromatic rings. The fourth-order valence-electron chi connectivity index (χ4n) is 1.03. The van der Waals surface area contributed by atoms with Gasteiger partial charge in [-0.3, -0.25) is 0 Å². The zero-order valence-corrected chi connectivity index (χ0v) is 8.77. The van der Waals surface area contributed by atoms with Crippen molar-refractivity contribution in [2.45, 2.75) is 6.42 Å². The van der Waals surface area contributed by atoms with Crippen LogP contribution >= 0.6 is 15.9 Å². The summed E-state index contributed by atoms with van der Waals surface area (Å²) >= 11 is 3.09. The van der Waals surface area contributed by atoms with Gasteiger partial charge in [0.15, 0.2) is 0 Å². The molecule has 0 radical (unpaired) electrons. The number of benzene rings is 1. The number of halogens is 2. The molecule has 70 valence electrons. The Morgan fingerprint density at radius 2 is 2.23 bits per heavy atom. The first-order chi connectivity index (χ1) is 6.15. The van der Waals surface area contributed by atoms with E-state index in [0.29, 0.717) is 17.4 Å². The van der Waals surface area contributed by atoms with Gasteiger partial charge < -0.3 is 5.73 Å². The topological polar surface area (TPSA) is 26.0 Å². The minimum atomic E-state index is -0.268. The van der Waals surface area contributed by atoms with E-state index in [1.54, 1.807) is 6.07 Å². The molecule has 0 amide bonds. The van der Waals surface area contributed by atoms with E-state index in [1.807, 2.05) is 6.07 Å². The molecular weight excluding hydrogens is 233 g/mol. The van der Waals surface area contributed by atoms with E-state index in [-0.39, 0.29) is 5.82 Å². The molecule has 0 aliphatic heterocycles. The molecule has 1 aromatic carbocycles. The zero-order valence-electron chi connectivity index (χ0n) is 7.19. The lowest BCUT2D eigenvalue weighted by Gasteiger charge is -2.04. The highest BCUT2D eigenvalue weighted by molar-refractivity contribution is 9.10. The second-order valence-corrected chi connectivity index (χ2v) is 3.63. The average molecular weight is 244 g/mol. The summed E-state index contributed by atoms with van der Waals surface area (Å²) in [5.41, 5.74) is 7.05. The van der Waals surface area contributed by atoms with Crippen molar-refractivity contribution in [1.29, 1.82) is 0 Å². The van der Waals surface area contributed by atoms with E-state index in [4.69, 9.17) is 5.73 Å². The number of nitrogens with two attached hydrogens (primary N) is 1. The second kappa shape index (κ2) is 4.53. The quantitative estimate of drug-likeness (QED) is 0.869. The first-order valence-electron chi connectivity index (χ1n) is 3.98. The fraction of sp³-hybridized carbons (Fsp3) is 0.200. The lowest BCUT2D eigenvalue weighted by Crippen LogP contribution is -1.99. The Kier molecular flexibility index (Phi) is 3.63. The third-order valence-corrected chi connectivity index (χ3v) is 2.42. The monoisotopic (exact) mass is 243 g/mol. The molecule has 0 saturated heterocycles. The molecule has 0 bridgehead atoms. The minimum Gasteiger partial charge on any atom is -0.330 e. The Morgan fingerprint density at radius 3 is 2.77 bits per heavy atom. The maximum Gasteiger partial charge on any atom is 0.137 e. The Hall–Kier alpha value is -0.670. The van der Waals surface area contributed by atoms with Crippen LogP contribution in [0.25, 0.3) is 5.57 Å². The summed E-state index contributed by atoms with van der Waals surface area (Å²) in [5, 5.41) is 0. The highest BCUT2D eigenvalue weighted by Crippen LogP contribution is 2.21. The molecular formula is C10H11BrFN. The van der Waals surface area contributed by atoms with Crippen molar-refractivity contribution in [3.8, 4) is 0 Å². The van der Waals surface area contributed by atoms with Gasteiger partial charge in [-0.25, -0.2) is 4.39 Å². The highest BCUT2D eigenvalue weighted by atomic mass is 79.9. The second-order valence-electron chi connectivity index (χ2n) is 2.77. The number of hydrogen-bond donors (Lipinski definition) is 1. The van der Waals surface area contributed by atoms with Gasteiger partial charge in [0.05, 0.1) is 4.47 Å². The molecule has 1 rings (SSSR count). The van der Waals surface area contributed by atoms with Crippen LogP contribution in [-0.2, 0) is 0 Å². The molecule has 0 saturated carbocycles. The van der Waals surface area contributed by atoms with Crippen LogP contribution in [0.4, 0.5) is 4.39 Å². The Morgan fingerprint density at radius 1 is 1.54 bits per heavy atom. The number of hydrogen-bond acceptors (Lipinski definition) is 1. The number of rotatable bonds is 3. The third-order valence-electron chi connectivity index (χ3n) is 1.77. The summed E-state index contributed by atoms with van der Waals surface area (Å²) in [6.45, 7) is 4.36. The van der Waals surface area contributed by atoms with Crippen LogP contribution in [0.15, 0.2) is 29.3 Å². The Balaban J connectivity index is 2.90. The van der Waals surface area contributed by atoms with E-state index < -0.39 is 0 Å². The fourth-order valence-corrected chi connectivity index (χ4v) is 1.28. The molecule has 0 heterocycles. The summed E-state index contributed by atoms with van der Waals surface area (Å²) in [5.74, 6) is -0.268.